The first-order valence-electron chi connectivity index (χ1n) is 3.09. The van der Waals surface area contributed by atoms with Crippen molar-refractivity contribution in [2.45, 2.75) is 6.61 Å². The highest BCUT2D eigenvalue weighted by Gasteiger charge is 1.92. The van der Waals surface area contributed by atoms with E-state index in [1.807, 2.05) is 12.1 Å². The number of halogens is 1. The highest BCUT2D eigenvalue weighted by atomic mass is 127. The topological polar surface area (TPSA) is 20.2 Å². The fraction of sp³-hybridized carbons (Fsp3) is 0.143. The van der Waals surface area contributed by atoms with E-state index < -0.39 is 0 Å². The van der Waals surface area contributed by atoms with Gasteiger partial charge in [0.05, 0.1) is 6.61 Å². The van der Waals surface area contributed by atoms with Crippen molar-refractivity contribution in [2.24, 2.45) is 0 Å². The minimum Gasteiger partial charge on any atom is -0.392 e. The molecule has 0 unspecified atom stereocenters. The van der Waals surface area contributed by atoms with Gasteiger partial charge in [-0.1, -0.05) is 17.3 Å². The monoisotopic (exact) mass is 264 g/mol. The molecule has 0 atom stereocenters. The lowest BCUT2D eigenvalue weighted by molar-refractivity contribution is 0.282. The maximum absolute atomic E-state index is 8.80. The van der Waals surface area contributed by atoms with E-state index in [0.29, 0.717) is 0 Å². The smallest absolute Gasteiger partial charge is 0.0682 e. The van der Waals surface area contributed by atoms with Gasteiger partial charge in [0.2, 0.25) is 0 Å². The lowest BCUT2D eigenvalue weighted by Gasteiger charge is -1.98. The van der Waals surface area contributed by atoms with Crippen LogP contribution >= 0.6 is 22.6 Å². The van der Waals surface area contributed by atoms with Crippen molar-refractivity contribution in [3.8, 4) is 0 Å². The Morgan fingerprint density at radius 1 is 1.40 bits per heavy atom. The number of aliphatic hydroxyl groups excluding tert-OH is 1. The summed E-state index contributed by atoms with van der Waals surface area (Å²) in [6, 6.07) is 6.20. The van der Waals surface area contributed by atoms with Crippen LogP contribution in [0.15, 0.2) is 18.2 Å². The molecule has 0 aliphatic heterocycles. The number of benzene rings is 1. The lowest BCUT2D eigenvalue weighted by Crippen LogP contribution is -2.04. The van der Waals surface area contributed by atoms with Crippen molar-refractivity contribution < 1.29 is 5.11 Å². The second-order valence-electron chi connectivity index (χ2n) is 2.29. The highest BCUT2D eigenvalue weighted by Crippen LogP contribution is 2.05. The van der Waals surface area contributed by atoms with Crippen LogP contribution in [-0.2, 0) is 6.61 Å². The van der Waals surface area contributed by atoms with Gasteiger partial charge in [0, 0.05) is 13.8 Å². The number of hydrogen-bond acceptors (Lipinski definition) is 1. The van der Waals surface area contributed by atoms with Crippen molar-refractivity contribution in [1.29, 1.82) is 0 Å². The van der Waals surface area contributed by atoms with Gasteiger partial charge in [0.1, 0.15) is 0 Å². The van der Waals surface area contributed by atoms with E-state index in [0.717, 1.165) is 15.8 Å². The van der Waals surface area contributed by atoms with Gasteiger partial charge in [0.25, 0.3) is 0 Å². The summed E-state index contributed by atoms with van der Waals surface area (Å²) in [6.07, 6.45) is 0. The van der Waals surface area contributed by atoms with Crippen LogP contribution in [0.3, 0.4) is 0 Å². The Kier molecular flexibility index (Phi) is 2.88. The average Bonchev–Trinajstić information content (AvgIpc) is 1.85. The van der Waals surface area contributed by atoms with Crippen molar-refractivity contribution in [3.63, 3.8) is 0 Å². The van der Waals surface area contributed by atoms with E-state index >= 15 is 0 Å². The van der Waals surface area contributed by atoms with Crippen molar-refractivity contribution in [1.82, 2.24) is 0 Å². The van der Waals surface area contributed by atoms with Crippen LogP contribution in [0.25, 0.3) is 0 Å². The van der Waals surface area contributed by atoms with Crippen LogP contribution in [0.4, 0.5) is 0 Å². The predicted octanol–water partition coefficient (Wildman–Crippen LogP) is -0.226. The van der Waals surface area contributed by atoms with Crippen molar-refractivity contribution in [3.05, 3.63) is 27.3 Å². The highest BCUT2D eigenvalue weighted by molar-refractivity contribution is 14.1. The molecule has 1 N–H and O–H groups in total. The molecule has 0 heterocycles. The van der Waals surface area contributed by atoms with E-state index in [2.05, 4.69) is 28.7 Å². The van der Waals surface area contributed by atoms with E-state index in [4.69, 9.17) is 5.11 Å². The van der Waals surface area contributed by atoms with Gasteiger partial charge in [0.15, 0.2) is 0 Å². The third-order valence-electron chi connectivity index (χ3n) is 1.28. The maximum Gasteiger partial charge on any atom is 0.0682 e. The Morgan fingerprint density at radius 3 is 2.60 bits per heavy atom. The van der Waals surface area contributed by atoms with Gasteiger partial charge in [-0.05, 0) is 34.2 Å². The zero-order valence-corrected chi connectivity index (χ0v) is 9.92. The average molecular weight is 264 g/mol. The van der Waals surface area contributed by atoms with Crippen LogP contribution in [-0.4, -0.2) is 15.3 Å². The molecule has 0 aromatic heterocycles. The van der Waals surface area contributed by atoms with E-state index in [1.165, 1.54) is 8.76 Å². The fourth-order valence-corrected chi connectivity index (χ4v) is 3.06. The molecule has 10 heavy (non-hydrogen) atoms. The Morgan fingerprint density at radius 2 is 2.10 bits per heavy atom. The summed E-state index contributed by atoms with van der Waals surface area (Å²) in [5.74, 6) is 0. The quantitative estimate of drug-likeness (QED) is 0.549. The number of hydrogen-bond donors (Lipinski definition) is 1. The number of rotatable bonds is 1. The summed E-state index contributed by atoms with van der Waals surface area (Å²) in [6.45, 7) is 0.159. The van der Waals surface area contributed by atoms with Crippen LogP contribution < -0.4 is 5.19 Å². The molecule has 0 aliphatic carbocycles. The third kappa shape index (κ3) is 2.07. The van der Waals surface area contributed by atoms with Crippen molar-refractivity contribution >= 4 is 38.0 Å². The molecular formula is C7H9IOSi. The zero-order chi connectivity index (χ0) is 7.56. The first-order chi connectivity index (χ1) is 4.72. The Balaban J connectivity index is 3.06. The van der Waals surface area contributed by atoms with Crippen molar-refractivity contribution in [2.75, 3.05) is 0 Å². The summed E-state index contributed by atoms with van der Waals surface area (Å²) in [5, 5.41) is 10.1. The predicted molar refractivity (Wildman–Crippen MR) is 54.7 cm³/mol. The normalized spacial score (nSPS) is 10.2. The molecule has 1 aromatic rings. The maximum atomic E-state index is 8.80. The SMILES string of the molecule is OCc1cc([SiH3])cc(I)c1. The first-order valence-corrected chi connectivity index (χ1v) is 5.17. The van der Waals surface area contributed by atoms with Gasteiger partial charge in [-0.25, -0.2) is 0 Å². The van der Waals surface area contributed by atoms with Crippen LogP contribution in [0, 0.1) is 3.57 Å². The largest absolute Gasteiger partial charge is 0.392 e. The Bertz CT molecular complexity index is 217. The van der Waals surface area contributed by atoms with Gasteiger partial charge in [-0.15, -0.1) is 0 Å². The third-order valence-corrected chi connectivity index (χ3v) is 2.48. The Labute approximate surface area is 77.0 Å². The summed E-state index contributed by atoms with van der Waals surface area (Å²) < 4.78 is 1.22. The standard InChI is InChI=1S/C7H9IOSi/c8-6-1-5(4-9)2-7(10)3-6/h1-3,9H,4H2,10H3. The molecule has 0 saturated carbocycles. The zero-order valence-electron chi connectivity index (χ0n) is 5.76. The molecule has 0 aliphatic rings. The fourth-order valence-electron chi connectivity index (χ4n) is 0.903. The molecule has 0 fully saturated rings. The van der Waals surface area contributed by atoms with Gasteiger partial charge < -0.3 is 5.11 Å². The van der Waals surface area contributed by atoms with E-state index in [-0.39, 0.29) is 6.61 Å². The first kappa shape index (κ1) is 8.23. The Hall–Kier alpha value is 0.127. The van der Waals surface area contributed by atoms with Gasteiger partial charge in [-0.3, -0.25) is 0 Å². The molecule has 1 aromatic carbocycles. The van der Waals surface area contributed by atoms with E-state index in [1.54, 1.807) is 0 Å². The minimum atomic E-state index is 0.159. The lowest BCUT2D eigenvalue weighted by atomic mass is 10.2. The molecule has 0 spiro atoms. The second kappa shape index (κ2) is 3.50. The molecule has 1 rings (SSSR count). The number of aliphatic hydroxyl groups is 1. The molecule has 54 valence electrons. The molecule has 1 nitrogen and oxygen atoms in total. The van der Waals surface area contributed by atoms with E-state index in [9.17, 15) is 0 Å². The molecule has 0 radical (unpaired) electrons. The molecule has 0 bridgehead atoms. The molecule has 3 heteroatoms. The van der Waals surface area contributed by atoms with Crippen LogP contribution in [0.2, 0.25) is 0 Å². The molecule has 0 saturated heterocycles. The minimum absolute atomic E-state index is 0.159. The summed E-state index contributed by atoms with van der Waals surface area (Å²) in [7, 11) is 1.06. The summed E-state index contributed by atoms with van der Waals surface area (Å²) in [5.41, 5.74) is 1.02. The molecular weight excluding hydrogens is 255 g/mol. The molecule has 0 amide bonds. The second-order valence-corrected chi connectivity index (χ2v) is 4.70. The van der Waals surface area contributed by atoms with Gasteiger partial charge >= 0.3 is 0 Å². The van der Waals surface area contributed by atoms with Crippen LogP contribution in [0.1, 0.15) is 5.56 Å². The summed E-state index contributed by atoms with van der Waals surface area (Å²) >= 11 is 2.27. The van der Waals surface area contributed by atoms with Crippen LogP contribution in [0.5, 0.6) is 0 Å². The van der Waals surface area contributed by atoms with Gasteiger partial charge in [-0.2, -0.15) is 0 Å². The summed E-state index contributed by atoms with van der Waals surface area (Å²) in [4.78, 5) is 0.